The minimum absolute atomic E-state index is 0.116. The van der Waals surface area contributed by atoms with Gasteiger partial charge in [0.15, 0.2) is 0 Å². The van der Waals surface area contributed by atoms with Gasteiger partial charge in [-0.25, -0.2) is 0 Å². The SMILES string of the molecule is [2H]c1c([2H])c([2H])c(N(c2c([2H])c([2H])c([2H])c([2H])c2[2H])c2c([2H])c([2H])c(-c3c([2H])c([2H])c([2H])c(-c4c([2H])c([2H])c([2H])c5c4sc4c([2H])c([2H])c([2H])c([2H])c45)c3[2H])c3sc4c([2H])c([2H])c([2H])c([2H])c4c23)c([2H])c1[2H]. The van der Waals surface area contributed by atoms with Crippen LogP contribution in [0.1, 0.15) is 37.0 Å². The molecule has 2 heterocycles. The van der Waals surface area contributed by atoms with Gasteiger partial charge in [0, 0.05) is 51.7 Å². The number of fused-ring (bicyclic) bond motifs is 6. The predicted octanol–water partition coefficient (Wildman–Crippen LogP) is 13.2. The molecule has 0 aliphatic carbocycles. The lowest BCUT2D eigenvalue weighted by Crippen LogP contribution is -2.10. The second-order valence-corrected chi connectivity index (χ2v) is 11.3. The van der Waals surface area contributed by atoms with E-state index in [4.69, 9.17) is 28.8 Å². The van der Waals surface area contributed by atoms with Crippen LogP contribution in [-0.4, -0.2) is 0 Å². The van der Waals surface area contributed by atoms with Crippen molar-refractivity contribution in [3.8, 4) is 22.3 Å². The second kappa shape index (κ2) is 10.7. The molecule has 7 aromatic carbocycles. The summed E-state index contributed by atoms with van der Waals surface area (Å²) in [7, 11) is 0. The van der Waals surface area contributed by atoms with Crippen LogP contribution in [0.2, 0.25) is 0 Å². The molecule has 212 valence electrons. The molecule has 0 saturated heterocycles. The molecule has 45 heavy (non-hydrogen) atoms. The molecule has 3 heteroatoms. The molecule has 0 aliphatic heterocycles. The van der Waals surface area contributed by atoms with E-state index in [1.807, 2.05) is 0 Å². The summed E-state index contributed by atoms with van der Waals surface area (Å²) in [6.45, 7) is 0. The van der Waals surface area contributed by atoms with E-state index in [1.54, 1.807) is 0 Å². The highest BCUT2D eigenvalue weighted by Gasteiger charge is 2.21. The second-order valence-electron chi connectivity index (χ2n) is 9.28. The van der Waals surface area contributed by atoms with E-state index in [0.717, 1.165) is 0 Å². The highest BCUT2D eigenvalue weighted by Crippen LogP contribution is 2.48. The molecule has 0 saturated carbocycles. The molecular formula is C42H27NS2. The van der Waals surface area contributed by atoms with Gasteiger partial charge in [0.05, 0.1) is 42.7 Å². The van der Waals surface area contributed by atoms with E-state index in [9.17, 15) is 8.22 Å². The molecule has 0 radical (unpaired) electrons. The van der Waals surface area contributed by atoms with Gasteiger partial charge in [0.25, 0.3) is 0 Å². The van der Waals surface area contributed by atoms with Crippen LogP contribution >= 0.6 is 22.7 Å². The van der Waals surface area contributed by atoms with Crippen LogP contribution in [0.3, 0.4) is 0 Å². The first-order chi connectivity index (χ1) is 33.6. The van der Waals surface area contributed by atoms with Gasteiger partial charge in [-0.05, 0) is 70.6 Å². The van der Waals surface area contributed by atoms with Crippen LogP contribution in [0.15, 0.2) is 163 Å². The van der Waals surface area contributed by atoms with Crippen LogP contribution in [0.4, 0.5) is 17.1 Å². The smallest absolute Gasteiger partial charge is 0.0645 e. The summed E-state index contributed by atoms with van der Waals surface area (Å²) in [6.07, 6.45) is 0. The minimum Gasteiger partial charge on any atom is -0.310 e. The first-order valence-corrected chi connectivity index (χ1v) is 14.6. The van der Waals surface area contributed by atoms with E-state index < -0.39 is 218 Å². The topological polar surface area (TPSA) is 3.24 Å². The van der Waals surface area contributed by atoms with E-state index in [2.05, 4.69) is 0 Å². The van der Waals surface area contributed by atoms with Crippen molar-refractivity contribution >= 4 is 80.1 Å². The van der Waals surface area contributed by atoms with Gasteiger partial charge in [-0.1, -0.05) is 115 Å². The zero-order valence-corrected chi connectivity index (χ0v) is 23.9. The zero-order valence-electron chi connectivity index (χ0n) is 49.3. The highest BCUT2D eigenvalue weighted by molar-refractivity contribution is 7.26. The first-order valence-electron chi connectivity index (χ1n) is 26.5. The summed E-state index contributed by atoms with van der Waals surface area (Å²) in [4.78, 5) is 0.548. The molecule has 0 atom stereocenters. The number of para-hydroxylation sites is 2. The van der Waals surface area contributed by atoms with Crippen molar-refractivity contribution in [1.29, 1.82) is 0 Å². The van der Waals surface area contributed by atoms with Crippen LogP contribution in [0.25, 0.3) is 62.6 Å². The van der Waals surface area contributed by atoms with Gasteiger partial charge >= 0.3 is 0 Å². The van der Waals surface area contributed by atoms with Crippen molar-refractivity contribution in [2.75, 3.05) is 4.90 Å². The maximum atomic E-state index is 9.83. The van der Waals surface area contributed by atoms with Gasteiger partial charge in [-0.15, -0.1) is 22.7 Å². The summed E-state index contributed by atoms with van der Waals surface area (Å²) in [6, 6.07) is -23.8. The Kier molecular flexibility index (Phi) is 2.55. The molecule has 2 aromatic heterocycles. The van der Waals surface area contributed by atoms with E-state index in [1.165, 1.54) is 0 Å². The molecule has 0 aliphatic rings. The Hall–Kier alpha value is -5.22. The summed E-state index contributed by atoms with van der Waals surface area (Å²) >= 11 is 1.14. The summed E-state index contributed by atoms with van der Waals surface area (Å²) in [5, 5.41) is -1.47. The van der Waals surface area contributed by atoms with Gasteiger partial charge in [-0.3, -0.25) is 0 Å². The van der Waals surface area contributed by atoms with Crippen molar-refractivity contribution in [3.05, 3.63) is 163 Å². The lowest BCUT2D eigenvalue weighted by atomic mass is 9.96. The Bertz CT molecular complexity index is 3900. The molecular weight excluding hydrogens is 583 g/mol. The first kappa shape index (κ1) is 10.7. The number of benzene rings is 7. The summed E-state index contributed by atoms with van der Waals surface area (Å²) < 4.78 is 239. The normalized spacial score (nSPS) is 20.0. The van der Waals surface area contributed by atoms with Crippen molar-refractivity contribution in [2.45, 2.75) is 0 Å². The third kappa shape index (κ3) is 4.35. The molecule has 0 spiro atoms. The third-order valence-electron chi connectivity index (χ3n) is 6.81. The lowest BCUT2D eigenvalue weighted by Gasteiger charge is -2.27. The largest absolute Gasteiger partial charge is 0.310 e. The minimum atomic E-state index is -1.10. The van der Waals surface area contributed by atoms with Crippen LogP contribution in [0.5, 0.6) is 0 Å². The maximum absolute atomic E-state index is 9.83. The third-order valence-corrected chi connectivity index (χ3v) is 9.06. The fraction of sp³-hybridized carbons (Fsp3) is 0. The monoisotopic (exact) mass is 636 g/mol. The van der Waals surface area contributed by atoms with Crippen molar-refractivity contribution in [1.82, 2.24) is 0 Å². The Balaban J connectivity index is 1.54. The molecule has 0 fully saturated rings. The average Bonchev–Trinajstić information content (AvgIpc) is 3.95. The molecule has 9 rings (SSSR count). The lowest BCUT2D eigenvalue weighted by molar-refractivity contribution is 1.30. The van der Waals surface area contributed by atoms with E-state index in [-0.39, 0.29) is 24.9 Å². The predicted molar refractivity (Wildman–Crippen MR) is 198 cm³/mol. The number of thiophene rings is 2. The van der Waals surface area contributed by atoms with Gasteiger partial charge in [0.1, 0.15) is 0 Å². The quantitative estimate of drug-likeness (QED) is 0.182. The Morgan fingerprint density at radius 1 is 0.422 bits per heavy atom. The Labute approximate surface area is 307 Å². The molecule has 0 N–H and O–H groups in total. The number of hydrogen-bond acceptors (Lipinski definition) is 3. The number of anilines is 3. The Morgan fingerprint density at radius 3 is 1.67 bits per heavy atom. The van der Waals surface area contributed by atoms with Gasteiger partial charge in [0.2, 0.25) is 0 Å². The van der Waals surface area contributed by atoms with Crippen LogP contribution in [-0.2, 0) is 0 Å². The van der Waals surface area contributed by atoms with Gasteiger partial charge < -0.3 is 4.90 Å². The number of rotatable bonds is 5. The number of hydrogen-bond donors (Lipinski definition) is 0. The molecule has 0 unspecified atom stereocenters. The summed E-state index contributed by atoms with van der Waals surface area (Å²) in [5.74, 6) is 0. The fourth-order valence-electron chi connectivity index (χ4n) is 4.95. The number of nitrogens with zero attached hydrogens (tertiary/aromatic N) is 1. The van der Waals surface area contributed by atoms with Crippen LogP contribution < -0.4 is 4.90 Å². The van der Waals surface area contributed by atoms with Crippen LogP contribution in [0, 0.1) is 0 Å². The standard InChI is InChI=1S/C42H27NS2/c1-3-15-30(16-4-1)43(31-17-5-2-6-18-31)37-26-25-33(42-40(37)36-20-8-10-24-39(36)45-42)29-14-11-13-28(27-29)32-21-12-22-35-34-19-7-9-23-38(34)44-41(32)35/h1-27H/i1D,2D,3D,4D,5D,6D,7D,8D,9D,10D,11D,12D,13D,14D,15D,16D,17D,18D,19D,20D,21D,22D,23D,24D,25D,26D,27D. The molecule has 0 bridgehead atoms. The van der Waals surface area contributed by atoms with Crippen molar-refractivity contribution in [3.63, 3.8) is 0 Å². The fourth-order valence-corrected chi connectivity index (χ4v) is 7.14. The molecule has 9 aromatic rings. The average molecular weight is 637 g/mol. The zero-order chi connectivity index (χ0) is 53.2. The molecule has 1 nitrogen and oxygen atoms in total. The van der Waals surface area contributed by atoms with Crippen molar-refractivity contribution in [2.24, 2.45) is 0 Å². The highest BCUT2D eigenvalue weighted by atomic mass is 32.1. The van der Waals surface area contributed by atoms with E-state index >= 15 is 0 Å². The van der Waals surface area contributed by atoms with E-state index in [0.29, 0.717) is 27.6 Å². The molecule has 0 amide bonds. The van der Waals surface area contributed by atoms with Crippen molar-refractivity contribution < 1.29 is 37.0 Å². The maximum Gasteiger partial charge on any atom is 0.0645 e. The van der Waals surface area contributed by atoms with Gasteiger partial charge in [-0.2, -0.15) is 0 Å². The summed E-state index contributed by atoms with van der Waals surface area (Å²) in [5.41, 5.74) is -5.20. The Morgan fingerprint density at radius 2 is 0.956 bits per heavy atom.